The molecule has 0 radical (unpaired) electrons. The lowest BCUT2D eigenvalue weighted by Crippen LogP contribution is -2.39. The number of aliphatic hydroxyl groups is 1. The summed E-state index contributed by atoms with van der Waals surface area (Å²) in [6.45, 7) is 5.79. The van der Waals surface area contributed by atoms with E-state index in [1.807, 2.05) is 20.8 Å². The summed E-state index contributed by atoms with van der Waals surface area (Å²) in [5, 5.41) is 15.6. The van der Waals surface area contributed by atoms with Gasteiger partial charge in [-0.25, -0.2) is 0 Å². The maximum absolute atomic E-state index is 11.7. The highest BCUT2D eigenvalue weighted by molar-refractivity contribution is 6.31. The molecule has 22 heavy (non-hydrogen) atoms. The number of hydrogen-bond donors (Lipinski definition) is 3. The van der Waals surface area contributed by atoms with Crippen LogP contribution in [0.3, 0.4) is 0 Å². The molecule has 0 aromatic heterocycles. The van der Waals surface area contributed by atoms with E-state index in [1.165, 1.54) is 0 Å². The lowest BCUT2D eigenvalue weighted by Gasteiger charge is -2.17. The Labute approximate surface area is 136 Å². The van der Waals surface area contributed by atoms with Crippen LogP contribution in [0.4, 0.5) is 0 Å². The third-order valence-electron chi connectivity index (χ3n) is 2.89. The second-order valence-corrected chi connectivity index (χ2v) is 6.76. The predicted molar refractivity (Wildman–Crippen MR) is 86.5 cm³/mol. The molecule has 0 bridgehead atoms. The Morgan fingerprint density at radius 1 is 1.18 bits per heavy atom. The number of rotatable bonds is 6. The van der Waals surface area contributed by atoms with Crippen LogP contribution in [0.5, 0.6) is 0 Å². The molecule has 2 amide bonds. The first-order valence-corrected chi connectivity index (χ1v) is 7.53. The Bertz CT molecular complexity index is 526. The molecule has 1 aromatic carbocycles. The summed E-state index contributed by atoms with van der Waals surface area (Å²) in [5.41, 5.74) is 0.433. The van der Waals surface area contributed by atoms with Gasteiger partial charge in [-0.2, -0.15) is 0 Å². The summed E-state index contributed by atoms with van der Waals surface area (Å²) >= 11 is 5.97. The molecule has 1 unspecified atom stereocenters. The van der Waals surface area contributed by atoms with Crippen molar-refractivity contribution >= 4 is 23.4 Å². The fourth-order valence-electron chi connectivity index (χ4n) is 1.85. The molecule has 0 spiro atoms. The Morgan fingerprint density at radius 3 is 2.41 bits per heavy atom. The van der Waals surface area contributed by atoms with Gasteiger partial charge >= 0.3 is 0 Å². The van der Waals surface area contributed by atoms with Crippen molar-refractivity contribution < 1.29 is 14.7 Å². The highest BCUT2D eigenvalue weighted by atomic mass is 35.5. The fraction of sp³-hybridized carbons (Fsp3) is 0.500. The van der Waals surface area contributed by atoms with Crippen LogP contribution in [0.15, 0.2) is 24.3 Å². The highest BCUT2D eigenvalue weighted by Crippen LogP contribution is 2.21. The number of nitrogens with one attached hydrogen (secondary N) is 2. The normalized spacial score (nSPS) is 12.6. The van der Waals surface area contributed by atoms with Gasteiger partial charge in [-0.05, 0) is 11.5 Å². The Kier molecular flexibility index (Phi) is 6.84. The van der Waals surface area contributed by atoms with Gasteiger partial charge in [-0.3, -0.25) is 9.59 Å². The number of hydrogen-bond acceptors (Lipinski definition) is 3. The van der Waals surface area contributed by atoms with Gasteiger partial charge in [0.05, 0.1) is 12.6 Å². The lowest BCUT2D eigenvalue weighted by atomic mass is 9.92. The monoisotopic (exact) mass is 326 g/mol. The van der Waals surface area contributed by atoms with Crippen molar-refractivity contribution in [3.63, 3.8) is 0 Å². The van der Waals surface area contributed by atoms with E-state index in [1.54, 1.807) is 24.3 Å². The largest absolute Gasteiger partial charge is 0.387 e. The topological polar surface area (TPSA) is 78.4 Å². The molecule has 0 aliphatic rings. The molecule has 1 atom stereocenters. The van der Waals surface area contributed by atoms with Gasteiger partial charge in [0, 0.05) is 23.6 Å². The molecule has 0 aliphatic heterocycles. The fourth-order valence-corrected chi connectivity index (χ4v) is 2.11. The molecule has 0 heterocycles. The first kappa shape index (κ1) is 18.5. The molecular formula is C16H23ClN2O3. The van der Waals surface area contributed by atoms with E-state index in [0.717, 1.165) is 0 Å². The van der Waals surface area contributed by atoms with Crippen molar-refractivity contribution in [2.24, 2.45) is 5.41 Å². The SMILES string of the molecule is CC(C)(C)CC(=O)NCC(=O)NCC(O)c1ccccc1Cl. The number of carbonyl (C=O) groups is 2. The quantitative estimate of drug-likeness (QED) is 0.748. The van der Waals surface area contributed by atoms with E-state index in [2.05, 4.69) is 10.6 Å². The minimum absolute atomic E-state index is 0.0394. The zero-order valence-electron chi connectivity index (χ0n) is 13.1. The average molecular weight is 327 g/mol. The van der Waals surface area contributed by atoms with Gasteiger partial charge in [-0.15, -0.1) is 0 Å². The molecule has 122 valence electrons. The van der Waals surface area contributed by atoms with Gasteiger partial charge in [0.2, 0.25) is 11.8 Å². The van der Waals surface area contributed by atoms with Gasteiger partial charge in [0.25, 0.3) is 0 Å². The maximum atomic E-state index is 11.7. The van der Waals surface area contributed by atoms with Crippen LogP contribution < -0.4 is 10.6 Å². The minimum Gasteiger partial charge on any atom is -0.387 e. The number of benzene rings is 1. The minimum atomic E-state index is -0.886. The third-order valence-corrected chi connectivity index (χ3v) is 3.24. The first-order chi connectivity index (χ1) is 10.2. The molecule has 0 saturated carbocycles. The van der Waals surface area contributed by atoms with E-state index in [-0.39, 0.29) is 30.3 Å². The third kappa shape index (κ3) is 6.91. The van der Waals surface area contributed by atoms with Crippen LogP contribution >= 0.6 is 11.6 Å². The Morgan fingerprint density at radius 2 is 1.82 bits per heavy atom. The summed E-state index contributed by atoms with van der Waals surface area (Å²) in [6, 6.07) is 6.90. The molecule has 3 N–H and O–H groups in total. The molecule has 6 heteroatoms. The van der Waals surface area contributed by atoms with Crippen molar-refractivity contribution in [1.82, 2.24) is 10.6 Å². The summed E-state index contributed by atoms with van der Waals surface area (Å²) < 4.78 is 0. The summed E-state index contributed by atoms with van der Waals surface area (Å²) in [5.74, 6) is -0.525. The molecule has 5 nitrogen and oxygen atoms in total. The van der Waals surface area contributed by atoms with Gasteiger partial charge in [-0.1, -0.05) is 50.6 Å². The van der Waals surface area contributed by atoms with Crippen molar-refractivity contribution in [2.45, 2.75) is 33.3 Å². The van der Waals surface area contributed by atoms with Crippen LogP contribution in [0.2, 0.25) is 5.02 Å². The van der Waals surface area contributed by atoms with Crippen LogP contribution in [-0.2, 0) is 9.59 Å². The van der Waals surface area contributed by atoms with Crippen LogP contribution in [0.25, 0.3) is 0 Å². The van der Waals surface area contributed by atoms with Crippen LogP contribution in [-0.4, -0.2) is 30.0 Å². The number of halogens is 1. The van der Waals surface area contributed by atoms with Crippen molar-refractivity contribution in [2.75, 3.05) is 13.1 Å². The predicted octanol–water partition coefficient (Wildman–Crippen LogP) is 2.04. The first-order valence-electron chi connectivity index (χ1n) is 7.15. The van der Waals surface area contributed by atoms with Crippen molar-refractivity contribution in [1.29, 1.82) is 0 Å². The zero-order valence-corrected chi connectivity index (χ0v) is 13.9. The van der Waals surface area contributed by atoms with Crippen LogP contribution in [0, 0.1) is 5.41 Å². The number of amides is 2. The van der Waals surface area contributed by atoms with E-state index >= 15 is 0 Å². The number of aliphatic hydroxyl groups excluding tert-OH is 1. The van der Waals surface area contributed by atoms with Crippen LogP contribution in [0.1, 0.15) is 38.9 Å². The number of carbonyl (C=O) groups excluding carboxylic acids is 2. The highest BCUT2D eigenvalue weighted by Gasteiger charge is 2.17. The van der Waals surface area contributed by atoms with E-state index < -0.39 is 6.10 Å². The summed E-state index contributed by atoms with van der Waals surface area (Å²) in [6.07, 6.45) is -0.536. The Balaban J connectivity index is 2.34. The average Bonchev–Trinajstić information content (AvgIpc) is 2.41. The molecule has 0 aliphatic carbocycles. The van der Waals surface area contributed by atoms with E-state index in [9.17, 15) is 14.7 Å². The molecule has 0 saturated heterocycles. The van der Waals surface area contributed by atoms with E-state index in [4.69, 9.17) is 11.6 Å². The second kappa shape index (κ2) is 8.15. The standard InChI is InChI=1S/C16H23ClN2O3/c1-16(2,3)8-14(21)19-10-15(22)18-9-13(20)11-6-4-5-7-12(11)17/h4-7,13,20H,8-10H2,1-3H3,(H,18,22)(H,19,21). The van der Waals surface area contributed by atoms with Gasteiger partial charge in [0.15, 0.2) is 0 Å². The lowest BCUT2D eigenvalue weighted by molar-refractivity contribution is -0.127. The molecule has 1 rings (SSSR count). The summed E-state index contributed by atoms with van der Waals surface area (Å²) in [7, 11) is 0. The maximum Gasteiger partial charge on any atom is 0.239 e. The van der Waals surface area contributed by atoms with Gasteiger partial charge < -0.3 is 15.7 Å². The molecule has 0 fully saturated rings. The van der Waals surface area contributed by atoms with Crippen molar-refractivity contribution in [3.05, 3.63) is 34.9 Å². The molecule has 1 aromatic rings. The zero-order chi connectivity index (χ0) is 16.8. The second-order valence-electron chi connectivity index (χ2n) is 6.36. The Hall–Kier alpha value is -1.59. The molecular weight excluding hydrogens is 304 g/mol. The summed E-state index contributed by atoms with van der Waals surface area (Å²) in [4.78, 5) is 23.3. The van der Waals surface area contributed by atoms with Crippen molar-refractivity contribution in [3.8, 4) is 0 Å². The van der Waals surface area contributed by atoms with Gasteiger partial charge in [0.1, 0.15) is 0 Å². The smallest absolute Gasteiger partial charge is 0.239 e. The van der Waals surface area contributed by atoms with E-state index in [0.29, 0.717) is 17.0 Å².